The van der Waals surface area contributed by atoms with Gasteiger partial charge < -0.3 is 14.8 Å². The molecule has 0 heterocycles. The van der Waals surface area contributed by atoms with Gasteiger partial charge in [0, 0.05) is 13.7 Å². The lowest BCUT2D eigenvalue weighted by Gasteiger charge is -2.25. The van der Waals surface area contributed by atoms with Crippen LogP contribution >= 0.6 is 11.6 Å². The van der Waals surface area contributed by atoms with Crippen molar-refractivity contribution in [3.05, 3.63) is 28.8 Å². The topological polar surface area (TPSA) is 30.5 Å². The van der Waals surface area contributed by atoms with Crippen molar-refractivity contribution in [3.8, 4) is 5.75 Å². The fourth-order valence-corrected chi connectivity index (χ4v) is 2.48. The van der Waals surface area contributed by atoms with Crippen LogP contribution in [0.2, 0.25) is 5.02 Å². The molecule has 1 N–H and O–H groups in total. The standard InChI is InChI=1S/C17H28ClNO2/c1-17(2,9-10-19-11-12-20-3)8-7-14-5-6-16(21-4)15(18)13-14/h5-6,13,19H,7-12H2,1-4H3. The summed E-state index contributed by atoms with van der Waals surface area (Å²) in [7, 11) is 3.37. The molecule has 21 heavy (non-hydrogen) atoms. The van der Waals surface area contributed by atoms with E-state index in [0.29, 0.717) is 10.4 Å². The maximum Gasteiger partial charge on any atom is 0.137 e. The SMILES string of the molecule is COCCNCCC(C)(C)CCc1ccc(OC)c(Cl)c1. The minimum absolute atomic E-state index is 0.312. The van der Waals surface area contributed by atoms with Gasteiger partial charge in [-0.15, -0.1) is 0 Å². The fourth-order valence-electron chi connectivity index (χ4n) is 2.20. The monoisotopic (exact) mass is 313 g/mol. The van der Waals surface area contributed by atoms with Crippen LogP contribution in [0, 0.1) is 5.41 Å². The molecular weight excluding hydrogens is 286 g/mol. The van der Waals surface area contributed by atoms with Gasteiger partial charge in [-0.1, -0.05) is 31.5 Å². The van der Waals surface area contributed by atoms with E-state index in [0.717, 1.165) is 44.7 Å². The molecule has 1 aromatic rings. The third kappa shape index (κ3) is 7.16. The first kappa shape index (κ1) is 18.3. The van der Waals surface area contributed by atoms with Gasteiger partial charge in [0.1, 0.15) is 5.75 Å². The van der Waals surface area contributed by atoms with Gasteiger partial charge in [-0.3, -0.25) is 0 Å². The van der Waals surface area contributed by atoms with E-state index in [-0.39, 0.29) is 0 Å². The number of methoxy groups -OCH3 is 2. The highest BCUT2D eigenvalue weighted by Gasteiger charge is 2.17. The van der Waals surface area contributed by atoms with Crippen molar-refractivity contribution in [2.24, 2.45) is 5.41 Å². The maximum atomic E-state index is 6.16. The molecule has 0 fully saturated rings. The first-order valence-electron chi connectivity index (χ1n) is 7.50. The molecule has 0 spiro atoms. The van der Waals surface area contributed by atoms with Crippen LogP contribution in [0.4, 0.5) is 0 Å². The molecule has 0 aliphatic heterocycles. The van der Waals surface area contributed by atoms with Gasteiger partial charge in [0.15, 0.2) is 0 Å². The molecule has 0 atom stereocenters. The van der Waals surface area contributed by atoms with E-state index in [1.54, 1.807) is 14.2 Å². The fraction of sp³-hybridized carbons (Fsp3) is 0.647. The van der Waals surface area contributed by atoms with Gasteiger partial charge in [0.25, 0.3) is 0 Å². The lowest BCUT2D eigenvalue weighted by atomic mass is 9.83. The minimum atomic E-state index is 0.312. The Balaban J connectivity index is 2.36. The van der Waals surface area contributed by atoms with Crippen LogP contribution in [0.15, 0.2) is 18.2 Å². The molecule has 0 aliphatic rings. The molecule has 0 amide bonds. The van der Waals surface area contributed by atoms with E-state index in [1.807, 2.05) is 12.1 Å². The van der Waals surface area contributed by atoms with Crippen molar-refractivity contribution in [2.45, 2.75) is 33.1 Å². The Morgan fingerprint density at radius 1 is 1.14 bits per heavy atom. The first-order valence-corrected chi connectivity index (χ1v) is 7.88. The Kier molecular flexibility index (Phi) is 8.09. The zero-order valence-electron chi connectivity index (χ0n) is 13.7. The largest absolute Gasteiger partial charge is 0.495 e. The highest BCUT2D eigenvalue weighted by atomic mass is 35.5. The summed E-state index contributed by atoms with van der Waals surface area (Å²) in [5, 5.41) is 4.09. The molecule has 1 aromatic carbocycles. The first-order chi connectivity index (χ1) is 9.98. The number of ether oxygens (including phenoxy) is 2. The van der Waals surface area contributed by atoms with Gasteiger partial charge in [0.05, 0.1) is 18.7 Å². The summed E-state index contributed by atoms with van der Waals surface area (Å²) in [5.41, 5.74) is 1.58. The Morgan fingerprint density at radius 2 is 1.90 bits per heavy atom. The van der Waals surface area contributed by atoms with Gasteiger partial charge >= 0.3 is 0 Å². The van der Waals surface area contributed by atoms with Crippen LogP contribution in [-0.2, 0) is 11.2 Å². The number of benzene rings is 1. The number of aryl methyl sites for hydroxylation is 1. The molecule has 0 aromatic heterocycles. The third-order valence-electron chi connectivity index (χ3n) is 3.77. The second-order valence-electron chi connectivity index (χ2n) is 6.13. The molecule has 0 bridgehead atoms. The van der Waals surface area contributed by atoms with Gasteiger partial charge in [-0.2, -0.15) is 0 Å². The molecule has 4 heteroatoms. The number of nitrogens with one attached hydrogen (secondary N) is 1. The summed E-state index contributed by atoms with van der Waals surface area (Å²) in [5.74, 6) is 0.738. The van der Waals surface area contributed by atoms with Crippen LogP contribution < -0.4 is 10.1 Å². The number of hydrogen-bond acceptors (Lipinski definition) is 3. The normalized spacial score (nSPS) is 11.7. The number of rotatable bonds is 10. The van der Waals surface area contributed by atoms with Crippen molar-refractivity contribution in [3.63, 3.8) is 0 Å². The van der Waals surface area contributed by atoms with Crippen molar-refractivity contribution in [1.82, 2.24) is 5.32 Å². The Hall–Kier alpha value is -0.770. The zero-order chi connectivity index (χ0) is 15.7. The van der Waals surface area contributed by atoms with Gasteiger partial charge in [-0.25, -0.2) is 0 Å². The smallest absolute Gasteiger partial charge is 0.137 e. The van der Waals surface area contributed by atoms with E-state index in [9.17, 15) is 0 Å². The zero-order valence-corrected chi connectivity index (χ0v) is 14.4. The predicted octanol–water partition coefficient (Wildman–Crippen LogP) is 3.93. The molecule has 0 radical (unpaired) electrons. The second kappa shape index (κ2) is 9.29. The predicted molar refractivity (Wildman–Crippen MR) is 89.5 cm³/mol. The Bertz CT molecular complexity index is 421. The highest BCUT2D eigenvalue weighted by molar-refractivity contribution is 6.32. The summed E-state index contributed by atoms with van der Waals surface area (Å²) >= 11 is 6.16. The molecule has 1 rings (SSSR count). The van der Waals surface area contributed by atoms with E-state index in [1.165, 1.54) is 5.56 Å². The van der Waals surface area contributed by atoms with E-state index < -0.39 is 0 Å². The van der Waals surface area contributed by atoms with E-state index in [2.05, 4.69) is 25.2 Å². The molecule has 0 aliphatic carbocycles. The average molecular weight is 314 g/mol. The second-order valence-corrected chi connectivity index (χ2v) is 6.53. The highest BCUT2D eigenvalue weighted by Crippen LogP contribution is 2.29. The molecule has 0 saturated heterocycles. The minimum Gasteiger partial charge on any atom is -0.495 e. The Labute approximate surface area is 134 Å². The van der Waals surface area contributed by atoms with Gasteiger partial charge in [-0.05, 0) is 48.9 Å². The summed E-state index contributed by atoms with van der Waals surface area (Å²) in [6.07, 6.45) is 3.33. The Morgan fingerprint density at radius 3 is 2.52 bits per heavy atom. The average Bonchev–Trinajstić information content (AvgIpc) is 2.45. The van der Waals surface area contributed by atoms with Crippen LogP contribution in [0.3, 0.4) is 0 Å². The van der Waals surface area contributed by atoms with E-state index in [4.69, 9.17) is 21.1 Å². The van der Waals surface area contributed by atoms with Crippen molar-refractivity contribution < 1.29 is 9.47 Å². The molecular formula is C17H28ClNO2. The van der Waals surface area contributed by atoms with Crippen LogP contribution in [-0.4, -0.2) is 33.9 Å². The van der Waals surface area contributed by atoms with Crippen molar-refractivity contribution in [2.75, 3.05) is 33.9 Å². The lowest BCUT2D eigenvalue weighted by Crippen LogP contribution is -2.25. The molecule has 0 saturated carbocycles. The van der Waals surface area contributed by atoms with Crippen molar-refractivity contribution in [1.29, 1.82) is 0 Å². The lowest BCUT2D eigenvalue weighted by molar-refractivity contribution is 0.197. The third-order valence-corrected chi connectivity index (χ3v) is 4.06. The molecule has 120 valence electrons. The number of hydrogen-bond donors (Lipinski definition) is 1. The van der Waals surface area contributed by atoms with Gasteiger partial charge in [0.2, 0.25) is 0 Å². The summed E-state index contributed by atoms with van der Waals surface area (Å²) < 4.78 is 10.2. The summed E-state index contributed by atoms with van der Waals surface area (Å²) in [6, 6.07) is 6.04. The van der Waals surface area contributed by atoms with Crippen molar-refractivity contribution >= 4 is 11.6 Å². The maximum absolute atomic E-state index is 6.16. The van der Waals surface area contributed by atoms with Crippen LogP contribution in [0.25, 0.3) is 0 Å². The molecule has 3 nitrogen and oxygen atoms in total. The number of halogens is 1. The van der Waals surface area contributed by atoms with E-state index >= 15 is 0 Å². The van der Waals surface area contributed by atoms with Crippen LogP contribution in [0.5, 0.6) is 5.75 Å². The molecule has 0 unspecified atom stereocenters. The summed E-state index contributed by atoms with van der Waals surface area (Å²) in [6.45, 7) is 7.34. The quantitative estimate of drug-likeness (QED) is 0.664. The van der Waals surface area contributed by atoms with Crippen LogP contribution in [0.1, 0.15) is 32.3 Å². The summed E-state index contributed by atoms with van der Waals surface area (Å²) in [4.78, 5) is 0.